The van der Waals surface area contributed by atoms with Crippen LogP contribution >= 0.6 is 0 Å². The fraction of sp³-hybridized carbons (Fsp3) is 0.500. The molecule has 2 heterocycles. The van der Waals surface area contributed by atoms with E-state index in [1.54, 1.807) is 11.0 Å². The average molecular weight is 535 g/mol. The minimum Gasteiger partial charge on any atom is -0.507 e. The van der Waals surface area contributed by atoms with Crippen LogP contribution in [0.15, 0.2) is 48.0 Å². The second-order valence-electron chi connectivity index (χ2n) is 10.9. The maximum atomic E-state index is 13.5. The van der Waals surface area contributed by atoms with Crippen molar-refractivity contribution >= 4 is 17.4 Å². The van der Waals surface area contributed by atoms with Crippen LogP contribution in [0.5, 0.6) is 11.5 Å². The number of hydrogen-bond donors (Lipinski definition) is 1. The Kier molecular flexibility index (Phi) is 9.33. The first-order valence-corrected chi connectivity index (χ1v) is 14.3. The van der Waals surface area contributed by atoms with Crippen LogP contribution in [0.25, 0.3) is 5.76 Å². The summed E-state index contributed by atoms with van der Waals surface area (Å²) in [5.41, 5.74) is 2.37. The lowest BCUT2D eigenvalue weighted by atomic mass is 9.94. The zero-order valence-corrected chi connectivity index (χ0v) is 23.9. The number of amides is 1. The number of rotatable bonds is 12. The minimum absolute atomic E-state index is 0.0622. The zero-order valence-electron chi connectivity index (χ0n) is 23.9. The van der Waals surface area contributed by atoms with E-state index in [9.17, 15) is 14.7 Å². The van der Waals surface area contributed by atoms with Gasteiger partial charge in [-0.15, -0.1) is 0 Å². The third-order valence-corrected chi connectivity index (χ3v) is 7.61. The molecule has 1 saturated heterocycles. The Bertz CT molecular complexity index is 1220. The maximum Gasteiger partial charge on any atom is 0.295 e. The van der Waals surface area contributed by atoms with E-state index in [1.165, 1.54) is 0 Å². The lowest BCUT2D eigenvalue weighted by Crippen LogP contribution is -2.33. The number of fused-ring (bicyclic) bond motifs is 1. The predicted octanol–water partition coefficient (Wildman–Crippen LogP) is 5.59. The quantitative estimate of drug-likeness (QED) is 0.217. The Balaban J connectivity index is 1.71. The van der Waals surface area contributed by atoms with Crippen molar-refractivity contribution in [2.45, 2.75) is 66.0 Å². The Morgan fingerprint density at radius 1 is 1.15 bits per heavy atom. The van der Waals surface area contributed by atoms with Gasteiger partial charge in [0.25, 0.3) is 11.7 Å². The monoisotopic (exact) mass is 534 g/mol. The number of aliphatic hydroxyl groups is 1. The Labute approximate surface area is 232 Å². The Hall–Kier alpha value is -3.32. The van der Waals surface area contributed by atoms with Crippen molar-refractivity contribution in [3.63, 3.8) is 0 Å². The first-order valence-electron chi connectivity index (χ1n) is 14.3. The fourth-order valence-corrected chi connectivity index (χ4v) is 5.37. The van der Waals surface area contributed by atoms with E-state index in [2.05, 4.69) is 32.6 Å². The second kappa shape index (κ2) is 12.7. The van der Waals surface area contributed by atoms with Crippen LogP contribution in [0.4, 0.5) is 0 Å². The highest BCUT2D eigenvalue weighted by molar-refractivity contribution is 6.46. The van der Waals surface area contributed by atoms with Gasteiger partial charge in [0.15, 0.2) is 0 Å². The van der Waals surface area contributed by atoms with Crippen molar-refractivity contribution in [3.05, 3.63) is 64.7 Å². The molecule has 0 radical (unpaired) electrons. The van der Waals surface area contributed by atoms with Crippen molar-refractivity contribution in [3.8, 4) is 11.5 Å². The molecule has 0 aromatic heterocycles. The van der Waals surface area contributed by atoms with Gasteiger partial charge in [-0.2, -0.15) is 0 Å². The zero-order chi connectivity index (χ0) is 28.1. The molecule has 210 valence electrons. The van der Waals surface area contributed by atoms with Gasteiger partial charge in [0.1, 0.15) is 23.4 Å². The highest BCUT2D eigenvalue weighted by Gasteiger charge is 2.46. The highest BCUT2D eigenvalue weighted by atomic mass is 16.5. The van der Waals surface area contributed by atoms with Crippen LogP contribution < -0.4 is 9.47 Å². The number of ketones is 1. The first-order chi connectivity index (χ1) is 18.7. The van der Waals surface area contributed by atoms with E-state index in [0.29, 0.717) is 30.4 Å². The van der Waals surface area contributed by atoms with E-state index in [4.69, 9.17) is 9.47 Å². The maximum absolute atomic E-state index is 13.5. The Morgan fingerprint density at radius 2 is 1.92 bits per heavy atom. The standard InChI is InChI=1S/C32H42N2O5/c1-6-33(7-2)15-9-16-34-29(23-10-8-11-26(20-23)38-17-14-21(3)4)28(31(36)32(34)37)30(35)24-12-13-27-25(19-24)18-22(5)39-27/h8,10-13,19-22,29,35H,6-7,9,14-18H2,1-5H3/b30-28+/t22-,29-/m0/s1. The number of aliphatic hydroxyl groups excluding tert-OH is 1. The van der Waals surface area contributed by atoms with Gasteiger partial charge in [0, 0.05) is 18.5 Å². The minimum atomic E-state index is -0.696. The van der Waals surface area contributed by atoms with Gasteiger partial charge in [-0.3, -0.25) is 9.59 Å². The second-order valence-corrected chi connectivity index (χ2v) is 10.9. The highest BCUT2D eigenvalue weighted by Crippen LogP contribution is 2.41. The number of benzene rings is 2. The van der Waals surface area contributed by atoms with Gasteiger partial charge in [0.2, 0.25) is 0 Å². The van der Waals surface area contributed by atoms with Gasteiger partial charge in [0.05, 0.1) is 18.2 Å². The predicted molar refractivity (Wildman–Crippen MR) is 153 cm³/mol. The summed E-state index contributed by atoms with van der Waals surface area (Å²) in [6.45, 7) is 14.2. The number of nitrogens with zero attached hydrogens (tertiary/aromatic N) is 2. The molecule has 4 rings (SSSR count). The molecule has 1 fully saturated rings. The smallest absolute Gasteiger partial charge is 0.295 e. The molecule has 2 aliphatic heterocycles. The lowest BCUT2D eigenvalue weighted by Gasteiger charge is -2.27. The van der Waals surface area contributed by atoms with E-state index in [0.717, 1.165) is 55.8 Å². The number of likely N-dealkylation sites (tertiary alicyclic amines) is 1. The van der Waals surface area contributed by atoms with Crippen LogP contribution in [0.2, 0.25) is 0 Å². The third-order valence-electron chi connectivity index (χ3n) is 7.61. The van der Waals surface area contributed by atoms with E-state index in [1.807, 2.05) is 43.3 Å². The van der Waals surface area contributed by atoms with Crippen LogP contribution in [0.1, 0.15) is 70.2 Å². The summed E-state index contributed by atoms with van der Waals surface area (Å²) in [6.07, 6.45) is 2.45. The molecule has 2 aliphatic rings. The molecule has 2 aromatic carbocycles. The molecule has 2 atom stereocenters. The molecule has 7 nitrogen and oxygen atoms in total. The molecule has 0 unspecified atom stereocenters. The number of carbonyl (C=O) groups is 2. The first kappa shape index (κ1) is 28.7. The number of hydrogen-bond acceptors (Lipinski definition) is 6. The molecule has 2 aromatic rings. The van der Waals surface area contributed by atoms with Crippen LogP contribution in [-0.2, 0) is 16.0 Å². The largest absolute Gasteiger partial charge is 0.507 e. The molecule has 1 N–H and O–H groups in total. The van der Waals surface area contributed by atoms with Crippen molar-refractivity contribution in [2.24, 2.45) is 5.92 Å². The number of carbonyl (C=O) groups excluding carboxylic acids is 2. The molecule has 0 bridgehead atoms. The van der Waals surface area contributed by atoms with Crippen LogP contribution in [0.3, 0.4) is 0 Å². The van der Waals surface area contributed by atoms with Crippen molar-refractivity contribution in [1.82, 2.24) is 9.80 Å². The summed E-state index contributed by atoms with van der Waals surface area (Å²) < 4.78 is 11.8. The molecular formula is C32H42N2O5. The van der Waals surface area contributed by atoms with Crippen molar-refractivity contribution in [2.75, 3.05) is 32.8 Å². The molecule has 0 spiro atoms. The molecule has 1 amide bonds. The molecule has 39 heavy (non-hydrogen) atoms. The van der Waals surface area contributed by atoms with Crippen LogP contribution in [-0.4, -0.2) is 65.5 Å². The summed E-state index contributed by atoms with van der Waals surface area (Å²) in [7, 11) is 0. The SMILES string of the molecule is CCN(CC)CCCN1C(=O)C(=O)/C(=C(/O)c2ccc3c(c2)C[C@H](C)O3)[C@@H]1c1cccc(OCCC(C)C)c1. The lowest BCUT2D eigenvalue weighted by molar-refractivity contribution is -0.140. The molecule has 7 heteroatoms. The number of Topliss-reactive ketones (excluding diaryl/α,β-unsaturated/α-hetero) is 1. The van der Waals surface area contributed by atoms with Crippen LogP contribution in [0, 0.1) is 5.92 Å². The summed E-state index contributed by atoms with van der Waals surface area (Å²) in [5, 5.41) is 11.5. The van der Waals surface area contributed by atoms with Gasteiger partial charge in [-0.1, -0.05) is 39.8 Å². The normalized spacial score (nSPS) is 20.1. The number of ether oxygens (including phenoxy) is 2. The van der Waals surface area contributed by atoms with Crippen molar-refractivity contribution < 1.29 is 24.2 Å². The Morgan fingerprint density at radius 3 is 2.64 bits per heavy atom. The van der Waals surface area contributed by atoms with Gasteiger partial charge in [-0.25, -0.2) is 0 Å². The summed E-state index contributed by atoms with van der Waals surface area (Å²) in [6, 6.07) is 12.3. The topological polar surface area (TPSA) is 79.3 Å². The van der Waals surface area contributed by atoms with Gasteiger partial charge < -0.3 is 24.4 Å². The van der Waals surface area contributed by atoms with E-state index >= 15 is 0 Å². The summed E-state index contributed by atoms with van der Waals surface area (Å²) >= 11 is 0. The van der Waals surface area contributed by atoms with Gasteiger partial charge >= 0.3 is 0 Å². The van der Waals surface area contributed by atoms with E-state index in [-0.39, 0.29) is 17.4 Å². The fourth-order valence-electron chi connectivity index (χ4n) is 5.37. The summed E-state index contributed by atoms with van der Waals surface area (Å²) in [5.74, 6) is 0.607. The van der Waals surface area contributed by atoms with Crippen molar-refractivity contribution in [1.29, 1.82) is 0 Å². The summed E-state index contributed by atoms with van der Waals surface area (Å²) in [4.78, 5) is 30.8. The van der Waals surface area contributed by atoms with Gasteiger partial charge in [-0.05, 0) is 86.8 Å². The molecule has 0 saturated carbocycles. The third kappa shape index (κ3) is 6.47. The molecule has 0 aliphatic carbocycles. The van der Waals surface area contributed by atoms with E-state index < -0.39 is 17.7 Å². The average Bonchev–Trinajstić information content (AvgIpc) is 3.41. The molecular weight excluding hydrogens is 492 g/mol.